The van der Waals surface area contributed by atoms with Crippen LogP contribution >= 0.6 is 11.3 Å². The fourth-order valence-corrected chi connectivity index (χ4v) is 5.45. The molecule has 0 aliphatic carbocycles. The van der Waals surface area contributed by atoms with Crippen molar-refractivity contribution in [3.63, 3.8) is 0 Å². The third kappa shape index (κ3) is 3.92. The molecule has 0 amide bonds. The lowest BCUT2D eigenvalue weighted by Gasteiger charge is -2.21. The lowest BCUT2D eigenvalue weighted by Crippen LogP contribution is -2.35. The normalized spacial score (nSPS) is 11.5. The van der Waals surface area contributed by atoms with Gasteiger partial charge in [0.25, 0.3) is 10.0 Å². The first kappa shape index (κ1) is 19.3. The third-order valence-electron chi connectivity index (χ3n) is 4.49. The molecule has 0 fully saturated rings. The van der Waals surface area contributed by atoms with E-state index in [0.717, 1.165) is 14.6 Å². The van der Waals surface area contributed by atoms with Crippen molar-refractivity contribution in [2.75, 3.05) is 10.8 Å². The Morgan fingerprint density at radius 1 is 0.931 bits per heavy atom. The van der Waals surface area contributed by atoms with E-state index in [1.165, 1.54) is 11.3 Å². The number of anilines is 1. The molecule has 4 rings (SSSR count). The molecule has 0 saturated heterocycles. The molecule has 0 saturated carbocycles. The minimum absolute atomic E-state index is 0.128. The van der Waals surface area contributed by atoms with Crippen LogP contribution in [0.15, 0.2) is 83.8 Å². The number of nitrogens with zero attached hydrogens (tertiary/aromatic N) is 2. The number of hydrogen-bond acceptors (Lipinski definition) is 5. The zero-order valence-electron chi connectivity index (χ0n) is 15.6. The SMILES string of the molecule is Cc1ccc(S(=O)(=O)N(CC(=O)c2ccccc2)c2nc3ccccc3s2)cc1. The van der Waals surface area contributed by atoms with Crippen LogP contribution in [0.2, 0.25) is 0 Å². The summed E-state index contributed by atoms with van der Waals surface area (Å²) in [5.41, 5.74) is 2.11. The molecule has 0 radical (unpaired) electrons. The van der Waals surface area contributed by atoms with E-state index in [9.17, 15) is 13.2 Å². The second-order valence-electron chi connectivity index (χ2n) is 6.58. The van der Waals surface area contributed by atoms with Crippen molar-refractivity contribution < 1.29 is 13.2 Å². The molecule has 0 spiro atoms. The second kappa shape index (κ2) is 7.77. The van der Waals surface area contributed by atoms with E-state index in [4.69, 9.17) is 0 Å². The molecule has 0 aliphatic rings. The van der Waals surface area contributed by atoms with Crippen LogP contribution in [-0.4, -0.2) is 25.7 Å². The molecule has 0 N–H and O–H groups in total. The summed E-state index contributed by atoms with van der Waals surface area (Å²) < 4.78 is 28.8. The summed E-state index contributed by atoms with van der Waals surface area (Å²) in [6, 6.07) is 22.7. The average Bonchev–Trinajstić information content (AvgIpc) is 3.16. The van der Waals surface area contributed by atoms with E-state index in [0.29, 0.717) is 11.1 Å². The number of aromatic nitrogens is 1. The molecule has 0 bridgehead atoms. The highest BCUT2D eigenvalue weighted by atomic mass is 32.2. The highest BCUT2D eigenvalue weighted by molar-refractivity contribution is 7.93. The number of fused-ring (bicyclic) bond motifs is 1. The summed E-state index contributed by atoms with van der Waals surface area (Å²) in [5, 5.41) is 0.274. The monoisotopic (exact) mass is 422 g/mol. The van der Waals surface area contributed by atoms with Crippen LogP contribution < -0.4 is 4.31 Å². The number of thiazole rings is 1. The molecular formula is C22H18N2O3S2. The number of para-hydroxylation sites is 1. The van der Waals surface area contributed by atoms with Gasteiger partial charge in [-0.05, 0) is 31.2 Å². The maximum Gasteiger partial charge on any atom is 0.266 e. The Hall–Kier alpha value is -3.03. The topological polar surface area (TPSA) is 67.3 Å². The van der Waals surface area contributed by atoms with Crippen LogP contribution in [0.25, 0.3) is 10.2 Å². The molecule has 29 heavy (non-hydrogen) atoms. The number of aryl methyl sites for hydroxylation is 1. The van der Waals surface area contributed by atoms with Crippen molar-refractivity contribution in [1.82, 2.24) is 4.98 Å². The summed E-state index contributed by atoms with van der Waals surface area (Å²) in [4.78, 5) is 17.5. The number of Topliss-reactive ketones (excluding diaryl/α,β-unsaturated/α-hetero) is 1. The first-order chi connectivity index (χ1) is 13.9. The van der Waals surface area contributed by atoms with Gasteiger partial charge in [0.05, 0.1) is 15.1 Å². The number of hydrogen-bond donors (Lipinski definition) is 0. The molecule has 3 aromatic carbocycles. The van der Waals surface area contributed by atoms with E-state index >= 15 is 0 Å². The van der Waals surface area contributed by atoms with Crippen molar-refractivity contribution in [1.29, 1.82) is 0 Å². The molecule has 0 atom stereocenters. The maximum atomic E-state index is 13.4. The number of benzene rings is 3. The van der Waals surface area contributed by atoms with E-state index in [1.54, 1.807) is 48.5 Å². The lowest BCUT2D eigenvalue weighted by molar-refractivity contribution is 0.100. The van der Waals surface area contributed by atoms with Crippen LogP contribution in [0.5, 0.6) is 0 Å². The van der Waals surface area contributed by atoms with Gasteiger partial charge in [-0.3, -0.25) is 4.79 Å². The van der Waals surface area contributed by atoms with E-state index < -0.39 is 10.0 Å². The standard InChI is InChI=1S/C22H18N2O3S2/c1-16-11-13-18(14-12-16)29(26,27)24(15-20(25)17-7-3-2-4-8-17)22-23-19-9-5-6-10-21(19)28-22/h2-14H,15H2,1H3. The van der Waals surface area contributed by atoms with Gasteiger partial charge in [0.15, 0.2) is 5.78 Å². The molecular weight excluding hydrogens is 404 g/mol. The Bertz CT molecular complexity index is 1230. The van der Waals surface area contributed by atoms with Crippen LogP contribution in [0, 0.1) is 6.92 Å². The van der Waals surface area contributed by atoms with E-state index in [-0.39, 0.29) is 22.4 Å². The van der Waals surface area contributed by atoms with Crippen LogP contribution in [0.3, 0.4) is 0 Å². The van der Waals surface area contributed by atoms with Crippen molar-refractivity contribution in [2.24, 2.45) is 0 Å². The first-order valence-electron chi connectivity index (χ1n) is 8.98. The zero-order chi connectivity index (χ0) is 20.4. The van der Waals surface area contributed by atoms with Gasteiger partial charge in [-0.15, -0.1) is 0 Å². The number of sulfonamides is 1. The van der Waals surface area contributed by atoms with Gasteiger partial charge in [0.1, 0.15) is 6.54 Å². The van der Waals surface area contributed by atoms with Crippen molar-refractivity contribution >= 4 is 42.5 Å². The van der Waals surface area contributed by atoms with Gasteiger partial charge in [0, 0.05) is 5.56 Å². The number of rotatable bonds is 6. The number of ketones is 1. The summed E-state index contributed by atoms with van der Waals surface area (Å²) in [6.07, 6.45) is 0. The summed E-state index contributed by atoms with van der Waals surface area (Å²) in [6.45, 7) is 1.57. The Balaban J connectivity index is 1.80. The number of carbonyl (C=O) groups is 1. The van der Waals surface area contributed by atoms with Crippen LogP contribution in [-0.2, 0) is 10.0 Å². The highest BCUT2D eigenvalue weighted by Crippen LogP contribution is 2.32. The van der Waals surface area contributed by atoms with Crippen molar-refractivity contribution in [3.8, 4) is 0 Å². The quantitative estimate of drug-likeness (QED) is 0.423. The zero-order valence-corrected chi connectivity index (χ0v) is 17.3. The molecule has 5 nitrogen and oxygen atoms in total. The third-order valence-corrected chi connectivity index (χ3v) is 7.41. The van der Waals surface area contributed by atoms with E-state index in [2.05, 4.69) is 4.98 Å². The fourth-order valence-electron chi connectivity index (χ4n) is 2.91. The van der Waals surface area contributed by atoms with Crippen LogP contribution in [0.1, 0.15) is 15.9 Å². The van der Waals surface area contributed by atoms with Gasteiger partial charge in [-0.2, -0.15) is 0 Å². The Morgan fingerprint density at radius 2 is 1.59 bits per heavy atom. The Morgan fingerprint density at radius 3 is 2.28 bits per heavy atom. The van der Waals surface area contributed by atoms with E-state index in [1.807, 2.05) is 37.3 Å². The fraction of sp³-hybridized carbons (Fsp3) is 0.0909. The van der Waals surface area contributed by atoms with Crippen molar-refractivity contribution in [2.45, 2.75) is 11.8 Å². The Labute approximate surface area is 173 Å². The van der Waals surface area contributed by atoms with Gasteiger partial charge in [0.2, 0.25) is 5.13 Å². The predicted octanol–water partition coefficient (Wildman–Crippen LogP) is 4.68. The molecule has 7 heteroatoms. The molecule has 4 aromatic rings. The summed E-state index contributed by atoms with van der Waals surface area (Å²) in [7, 11) is -3.96. The maximum absolute atomic E-state index is 13.4. The minimum Gasteiger partial charge on any atom is -0.292 e. The average molecular weight is 423 g/mol. The smallest absolute Gasteiger partial charge is 0.266 e. The Kier molecular flexibility index (Phi) is 5.17. The van der Waals surface area contributed by atoms with Gasteiger partial charge >= 0.3 is 0 Å². The lowest BCUT2D eigenvalue weighted by atomic mass is 10.1. The highest BCUT2D eigenvalue weighted by Gasteiger charge is 2.30. The van der Waals surface area contributed by atoms with Gasteiger partial charge in [-0.25, -0.2) is 17.7 Å². The van der Waals surface area contributed by atoms with Gasteiger partial charge in [-0.1, -0.05) is 71.5 Å². The minimum atomic E-state index is -3.96. The molecule has 0 aliphatic heterocycles. The first-order valence-corrected chi connectivity index (χ1v) is 11.2. The van der Waals surface area contributed by atoms with Gasteiger partial charge < -0.3 is 0 Å². The molecule has 1 aromatic heterocycles. The summed E-state index contributed by atoms with van der Waals surface area (Å²) in [5.74, 6) is -0.291. The molecule has 0 unspecified atom stereocenters. The molecule has 1 heterocycles. The predicted molar refractivity (Wildman–Crippen MR) is 116 cm³/mol. The summed E-state index contributed by atoms with van der Waals surface area (Å²) >= 11 is 1.25. The van der Waals surface area contributed by atoms with Crippen molar-refractivity contribution in [3.05, 3.63) is 90.0 Å². The largest absolute Gasteiger partial charge is 0.292 e. The second-order valence-corrected chi connectivity index (χ2v) is 9.45. The molecule has 146 valence electrons. The van der Waals surface area contributed by atoms with Crippen LogP contribution in [0.4, 0.5) is 5.13 Å². The number of carbonyl (C=O) groups excluding carboxylic acids is 1.